The fourth-order valence-corrected chi connectivity index (χ4v) is 2.97. The Hall–Kier alpha value is -0.380. The normalized spacial score (nSPS) is 24.4. The lowest BCUT2D eigenvalue weighted by Crippen LogP contribution is -2.44. The van der Waals surface area contributed by atoms with Crippen molar-refractivity contribution in [1.29, 1.82) is 0 Å². The average molecular weight is 311 g/mol. The first-order valence-corrected chi connectivity index (χ1v) is 7.59. The van der Waals surface area contributed by atoms with Gasteiger partial charge in [0.15, 0.2) is 0 Å². The van der Waals surface area contributed by atoms with Crippen molar-refractivity contribution >= 4 is 15.9 Å². The highest BCUT2D eigenvalue weighted by Gasteiger charge is 2.19. The van der Waals surface area contributed by atoms with Gasteiger partial charge in [-0.15, -0.1) is 0 Å². The molecule has 1 aliphatic heterocycles. The topological polar surface area (TPSA) is 15.3 Å². The summed E-state index contributed by atoms with van der Waals surface area (Å²) in [5, 5.41) is 3.63. The molecular formula is C15H23BrN2. The number of likely N-dealkylation sites (N-methyl/N-ethyl adjacent to an activating group) is 1. The van der Waals surface area contributed by atoms with E-state index in [0.29, 0.717) is 6.04 Å². The van der Waals surface area contributed by atoms with E-state index in [1.807, 2.05) is 0 Å². The maximum atomic E-state index is 3.63. The molecule has 1 heterocycles. The SMILES string of the molecule is CC1CCNC(CN(C)Cc2ccc(Br)cc2)C1. The summed E-state index contributed by atoms with van der Waals surface area (Å²) in [6.45, 7) is 5.71. The number of rotatable bonds is 4. The van der Waals surface area contributed by atoms with Gasteiger partial charge >= 0.3 is 0 Å². The number of halogens is 1. The van der Waals surface area contributed by atoms with E-state index in [1.54, 1.807) is 0 Å². The molecule has 1 aromatic carbocycles. The van der Waals surface area contributed by atoms with Crippen molar-refractivity contribution in [2.24, 2.45) is 5.92 Å². The van der Waals surface area contributed by atoms with Gasteiger partial charge in [0.1, 0.15) is 0 Å². The van der Waals surface area contributed by atoms with Gasteiger partial charge in [0.05, 0.1) is 0 Å². The summed E-state index contributed by atoms with van der Waals surface area (Å²) in [4.78, 5) is 2.42. The third-order valence-electron chi connectivity index (χ3n) is 3.65. The Morgan fingerprint density at radius 3 is 2.72 bits per heavy atom. The van der Waals surface area contributed by atoms with Crippen LogP contribution in [0.5, 0.6) is 0 Å². The average Bonchev–Trinajstić information content (AvgIpc) is 2.32. The van der Waals surface area contributed by atoms with E-state index in [1.165, 1.54) is 24.9 Å². The summed E-state index contributed by atoms with van der Waals surface area (Å²) < 4.78 is 1.15. The van der Waals surface area contributed by atoms with Crippen molar-refractivity contribution < 1.29 is 0 Å². The van der Waals surface area contributed by atoms with Crippen LogP contribution in [0.15, 0.2) is 28.7 Å². The van der Waals surface area contributed by atoms with E-state index in [9.17, 15) is 0 Å². The highest BCUT2D eigenvalue weighted by molar-refractivity contribution is 9.10. The number of benzene rings is 1. The Kier molecular flexibility index (Phi) is 5.22. The summed E-state index contributed by atoms with van der Waals surface area (Å²) in [6.07, 6.45) is 2.64. The fourth-order valence-electron chi connectivity index (χ4n) is 2.70. The van der Waals surface area contributed by atoms with Gasteiger partial charge in [-0.05, 0) is 50.0 Å². The molecule has 0 spiro atoms. The number of hydrogen-bond acceptors (Lipinski definition) is 2. The first-order chi connectivity index (χ1) is 8.63. The largest absolute Gasteiger partial charge is 0.313 e. The van der Waals surface area contributed by atoms with Gasteiger partial charge in [-0.2, -0.15) is 0 Å². The van der Waals surface area contributed by atoms with Gasteiger partial charge in [0.25, 0.3) is 0 Å². The van der Waals surface area contributed by atoms with Crippen LogP contribution in [0.3, 0.4) is 0 Å². The van der Waals surface area contributed by atoms with Crippen LogP contribution in [0.4, 0.5) is 0 Å². The van der Waals surface area contributed by atoms with Crippen LogP contribution in [0, 0.1) is 5.92 Å². The Morgan fingerprint density at radius 1 is 1.33 bits per heavy atom. The molecule has 2 nitrogen and oxygen atoms in total. The minimum absolute atomic E-state index is 0.661. The van der Waals surface area contributed by atoms with Crippen molar-refractivity contribution in [2.75, 3.05) is 20.1 Å². The molecule has 18 heavy (non-hydrogen) atoms. The van der Waals surface area contributed by atoms with E-state index < -0.39 is 0 Å². The highest BCUT2D eigenvalue weighted by atomic mass is 79.9. The molecule has 1 fully saturated rings. The van der Waals surface area contributed by atoms with Gasteiger partial charge in [-0.3, -0.25) is 0 Å². The lowest BCUT2D eigenvalue weighted by atomic mass is 9.94. The van der Waals surface area contributed by atoms with Crippen LogP contribution in [0.1, 0.15) is 25.3 Å². The molecule has 0 aliphatic carbocycles. The first kappa shape index (κ1) is 14.0. The molecule has 0 saturated carbocycles. The van der Waals surface area contributed by atoms with Gasteiger partial charge < -0.3 is 10.2 Å². The zero-order valence-corrected chi connectivity index (χ0v) is 12.9. The predicted octanol–water partition coefficient (Wildman–Crippen LogP) is 3.27. The minimum atomic E-state index is 0.661. The third-order valence-corrected chi connectivity index (χ3v) is 4.18. The van der Waals surface area contributed by atoms with Crippen LogP contribution in [-0.4, -0.2) is 31.1 Å². The summed E-state index contributed by atoms with van der Waals surface area (Å²) in [5.74, 6) is 0.873. The van der Waals surface area contributed by atoms with E-state index >= 15 is 0 Å². The molecule has 1 N–H and O–H groups in total. The van der Waals surface area contributed by atoms with Gasteiger partial charge in [0.2, 0.25) is 0 Å². The van der Waals surface area contributed by atoms with Crippen LogP contribution in [0.25, 0.3) is 0 Å². The predicted molar refractivity (Wildman–Crippen MR) is 80.7 cm³/mol. The molecule has 0 bridgehead atoms. The standard InChI is InChI=1S/C15H23BrN2/c1-12-7-8-17-15(9-12)11-18(2)10-13-3-5-14(16)6-4-13/h3-6,12,15,17H,7-11H2,1-2H3. The van der Waals surface area contributed by atoms with Gasteiger partial charge in [0, 0.05) is 23.6 Å². The highest BCUT2D eigenvalue weighted by Crippen LogP contribution is 2.16. The van der Waals surface area contributed by atoms with Gasteiger partial charge in [-0.25, -0.2) is 0 Å². The van der Waals surface area contributed by atoms with E-state index in [2.05, 4.69) is 64.4 Å². The smallest absolute Gasteiger partial charge is 0.0231 e. The molecule has 2 rings (SSSR count). The molecular weight excluding hydrogens is 288 g/mol. The minimum Gasteiger partial charge on any atom is -0.313 e. The number of hydrogen-bond donors (Lipinski definition) is 1. The molecule has 1 aliphatic rings. The Balaban J connectivity index is 1.81. The van der Waals surface area contributed by atoms with E-state index in [4.69, 9.17) is 0 Å². The summed E-state index contributed by atoms with van der Waals surface area (Å²) in [5.41, 5.74) is 1.38. The zero-order valence-electron chi connectivity index (χ0n) is 11.3. The summed E-state index contributed by atoms with van der Waals surface area (Å²) >= 11 is 3.47. The number of nitrogens with zero attached hydrogens (tertiary/aromatic N) is 1. The molecule has 1 aromatic rings. The fraction of sp³-hybridized carbons (Fsp3) is 0.600. The van der Waals surface area contributed by atoms with Crippen LogP contribution in [-0.2, 0) is 6.54 Å². The van der Waals surface area contributed by atoms with Crippen molar-refractivity contribution in [3.8, 4) is 0 Å². The molecule has 0 radical (unpaired) electrons. The second-order valence-electron chi connectivity index (χ2n) is 5.60. The quantitative estimate of drug-likeness (QED) is 0.918. The molecule has 2 unspecified atom stereocenters. The van der Waals surface area contributed by atoms with Crippen molar-refractivity contribution in [2.45, 2.75) is 32.4 Å². The summed E-state index contributed by atoms with van der Waals surface area (Å²) in [6, 6.07) is 9.28. The van der Waals surface area contributed by atoms with Crippen molar-refractivity contribution in [1.82, 2.24) is 10.2 Å². The first-order valence-electron chi connectivity index (χ1n) is 6.80. The van der Waals surface area contributed by atoms with Crippen molar-refractivity contribution in [3.05, 3.63) is 34.3 Å². The third kappa shape index (κ3) is 4.38. The van der Waals surface area contributed by atoms with Crippen LogP contribution < -0.4 is 5.32 Å². The van der Waals surface area contributed by atoms with E-state index in [0.717, 1.165) is 23.5 Å². The molecule has 2 atom stereocenters. The second-order valence-corrected chi connectivity index (χ2v) is 6.52. The lowest BCUT2D eigenvalue weighted by Gasteiger charge is -2.31. The molecule has 1 saturated heterocycles. The molecule has 0 aromatic heterocycles. The monoisotopic (exact) mass is 310 g/mol. The molecule has 100 valence electrons. The van der Waals surface area contributed by atoms with Gasteiger partial charge in [-0.1, -0.05) is 35.0 Å². The van der Waals surface area contributed by atoms with E-state index in [-0.39, 0.29) is 0 Å². The van der Waals surface area contributed by atoms with Crippen LogP contribution in [0.2, 0.25) is 0 Å². The Morgan fingerprint density at radius 2 is 2.06 bits per heavy atom. The lowest BCUT2D eigenvalue weighted by molar-refractivity contribution is 0.230. The van der Waals surface area contributed by atoms with Crippen molar-refractivity contribution in [3.63, 3.8) is 0 Å². The Labute approximate surface area is 119 Å². The Bertz CT molecular complexity index is 363. The number of piperidine rings is 1. The molecule has 3 heteroatoms. The molecule has 0 amide bonds. The zero-order chi connectivity index (χ0) is 13.0. The second kappa shape index (κ2) is 6.69. The number of nitrogens with one attached hydrogen (secondary N) is 1. The maximum Gasteiger partial charge on any atom is 0.0231 e. The maximum absolute atomic E-state index is 3.63. The van der Waals surface area contributed by atoms with Crippen LogP contribution >= 0.6 is 15.9 Å². The summed E-state index contributed by atoms with van der Waals surface area (Å²) in [7, 11) is 2.21.